The van der Waals surface area contributed by atoms with E-state index in [1.165, 1.54) is 12.1 Å². The predicted octanol–water partition coefficient (Wildman–Crippen LogP) is 2.46. The largest absolute Gasteiger partial charge is 0.343 e. The van der Waals surface area contributed by atoms with Gasteiger partial charge in [-0.15, -0.1) is 0 Å². The summed E-state index contributed by atoms with van der Waals surface area (Å²) < 4.78 is 25.2. The summed E-state index contributed by atoms with van der Waals surface area (Å²) in [7, 11) is -3.37. The molecule has 3 aromatic rings. The van der Waals surface area contributed by atoms with Crippen molar-refractivity contribution in [3.05, 3.63) is 84.2 Å². The zero-order valence-corrected chi connectivity index (χ0v) is 15.1. The van der Waals surface area contributed by atoms with Gasteiger partial charge in [0.05, 0.1) is 17.5 Å². The number of hydrogen-bond acceptors (Lipinski definition) is 4. The van der Waals surface area contributed by atoms with Crippen LogP contribution in [0.2, 0.25) is 0 Å². The normalized spacial score (nSPS) is 12.5. The van der Waals surface area contributed by atoms with E-state index in [0.29, 0.717) is 12.1 Å². The highest BCUT2D eigenvalue weighted by Gasteiger charge is 2.18. The van der Waals surface area contributed by atoms with Crippen LogP contribution in [0.25, 0.3) is 0 Å². The SMILES string of the molecule is CS(=O)(=O)c1cccc(C(=O)N[C@@H](Cn2cccn2)c2ccccc2)c1. The molecule has 7 heteroatoms. The molecule has 1 atom stereocenters. The minimum Gasteiger partial charge on any atom is -0.343 e. The molecular formula is C19H19N3O3S. The Morgan fingerprint density at radius 2 is 1.88 bits per heavy atom. The van der Waals surface area contributed by atoms with E-state index in [1.807, 2.05) is 42.6 Å². The lowest BCUT2D eigenvalue weighted by atomic mass is 10.1. The van der Waals surface area contributed by atoms with Crippen LogP contribution >= 0.6 is 0 Å². The van der Waals surface area contributed by atoms with Gasteiger partial charge in [0.2, 0.25) is 0 Å². The fraction of sp³-hybridized carbons (Fsp3) is 0.158. The number of amides is 1. The van der Waals surface area contributed by atoms with E-state index in [9.17, 15) is 13.2 Å². The van der Waals surface area contributed by atoms with Gasteiger partial charge in [0.15, 0.2) is 9.84 Å². The molecule has 1 amide bonds. The molecule has 0 aliphatic heterocycles. The van der Waals surface area contributed by atoms with Crippen LogP contribution in [0.5, 0.6) is 0 Å². The van der Waals surface area contributed by atoms with Crippen molar-refractivity contribution in [2.24, 2.45) is 0 Å². The molecule has 1 aromatic heterocycles. The maximum Gasteiger partial charge on any atom is 0.251 e. The van der Waals surface area contributed by atoms with Gasteiger partial charge in [0.1, 0.15) is 0 Å². The Morgan fingerprint density at radius 3 is 2.54 bits per heavy atom. The molecule has 1 heterocycles. The van der Waals surface area contributed by atoms with E-state index in [4.69, 9.17) is 0 Å². The lowest BCUT2D eigenvalue weighted by Crippen LogP contribution is -2.31. The third-order valence-electron chi connectivity index (χ3n) is 3.96. The Labute approximate surface area is 152 Å². The Morgan fingerprint density at radius 1 is 1.12 bits per heavy atom. The number of nitrogens with zero attached hydrogens (tertiary/aromatic N) is 2. The number of sulfone groups is 1. The van der Waals surface area contributed by atoms with E-state index < -0.39 is 9.84 Å². The van der Waals surface area contributed by atoms with Gasteiger partial charge in [-0.1, -0.05) is 36.4 Å². The molecule has 0 saturated heterocycles. The van der Waals surface area contributed by atoms with E-state index >= 15 is 0 Å². The Balaban J connectivity index is 1.86. The van der Waals surface area contributed by atoms with Crippen molar-refractivity contribution in [3.8, 4) is 0 Å². The van der Waals surface area contributed by atoms with Crippen molar-refractivity contribution in [2.75, 3.05) is 6.26 Å². The fourth-order valence-electron chi connectivity index (χ4n) is 2.62. The van der Waals surface area contributed by atoms with Gasteiger partial charge < -0.3 is 5.32 Å². The molecular weight excluding hydrogens is 350 g/mol. The molecule has 6 nitrogen and oxygen atoms in total. The zero-order valence-electron chi connectivity index (χ0n) is 14.2. The van der Waals surface area contributed by atoms with Crippen molar-refractivity contribution in [2.45, 2.75) is 17.5 Å². The van der Waals surface area contributed by atoms with Crippen LogP contribution in [0.15, 0.2) is 78.0 Å². The van der Waals surface area contributed by atoms with Gasteiger partial charge in [0.25, 0.3) is 5.91 Å². The summed E-state index contributed by atoms with van der Waals surface area (Å²) >= 11 is 0. The smallest absolute Gasteiger partial charge is 0.251 e. The molecule has 3 rings (SSSR count). The number of hydrogen-bond donors (Lipinski definition) is 1. The maximum atomic E-state index is 12.7. The molecule has 0 spiro atoms. The second-order valence-electron chi connectivity index (χ2n) is 5.96. The monoisotopic (exact) mass is 369 g/mol. The maximum absolute atomic E-state index is 12.7. The van der Waals surface area contributed by atoms with Crippen LogP contribution in [0.1, 0.15) is 22.0 Å². The summed E-state index contributed by atoms with van der Waals surface area (Å²) in [5.74, 6) is -0.337. The van der Waals surface area contributed by atoms with Gasteiger partial charge in [-0.3, -0.25) is 9.48 Å². The van der Waals surface area contributed by atoms with Gasteiger partial charge in [-0.25, -0.2) is 8.42 Å². The quantitative estimate of drug-likeness (QED) is 0.724. The molecule has 1 N–H and O–H groups in total. The third-order valence-corrected chi connectivity index (χ3v) is 5.07. The van der Waals surface area contributed by atoms with Crippen molar-refractivity contribution in [1.82, 2.24) is 15.1 Å². The third kappa shape index (κ3) is 4.37. The minimum atomic E-state index is -3.37. The number of carbonyl (C=O) groups excluding carboxylic acids is 1. The standard InChI is InChI=1S/C19H19N3O3S/c1-26(24,25)17-10-5-9-16(13-17)19(23)21-18(14-22-12-6-11-20-22)15-7-3-2-4-8-15/h2-13,18H,14H2,1H3,(H,21,23)/t18-/m0/s1. The highest BCUT2D eigenvalue weighted by atomic mass is 32.2. The van der Waals surface area contributed by atoms with E-state index in [-0.39, 0.29) is 16.8 Å². The number of aromatic nitrogens is 2. The molecule has 0 saturated carbocycles. The highest BCUT2D eigenvalue weighted by molar-refractivity contribution is 7.90. The molecule has 26 heavy (non-hydrogen) atoms. The van der Waals surface area contributed by atoms with Crippen LogP contribution < -0.4 is 5.32 Å². The molecule has 0 unspecified atom stereocenters. The number of benzene rings is 2. The predicted molar refractivity (Wildman–Crippen MR) is 98.4 cm³/mol. The summed E-state index contributed by atoms with van der Waals surface area (Å²) in [4.78, 5) is 12.8. The first-order valence-electron chi connectivity index (χ1n) is 8.07. The van der Waals surface area contributed by atoms with Gasteiger partial charge in [-0.2, -0.15) is 5.10 Å². The van der Waals surface area contributed by atoms with Gasteiger partial charge in [0, 0.05) is 24.2 Å². The van der Waals surface area contributed by atoms with Gasteiger partial charge in [-0.05, 0) is 29.8 Å². The molecule has 2 aromatic carbocycles. The molecule has 0 bridgehead atoms. The van der Waals surface area contributed by atoms with Crippen molar-refractivity contribution in [1.29, 1.82) is 0 Å². The molecule has 0 fully saturated rings. The van der Waals surface area contributed by atoms with Crippen molar-refractivity contribution in [3.63, 3.8) is 0 Å². The summed E-state index contributed by atoms with van der Waals surface area (Å²) in [5.41, 5.74) is 1.24. The Bertz CT molecular complexity index is 984. The molecule has 134 valence electrons. The average molecular weight is 369 g/mol. The van der Waals surface area contributed by atoms with Crippen molar-refractivity contribution >= 4 is 15.7 Å². The van der Waals surface area contributed by atoms with Crippen LogP contribution in [0.3, 0.4) is 0 Å². The summed E-state index contributed by atoms with van der Waals surface area (Å²) in [6, 6.07) is 17.1. The zero-order chi connectivity index (χ0) is 18.6. The second kappa shape index (κ2) is 7.53. The van der Waals surface area contributed by atoms with Gasteiger partial charge >= 0.3 is 0 Å². The van der Waals surface area contributed by atoms with E-state index in [0.717, 1.165) is 11.8 Å². The number of rotatable bonds is 6. The summed E-state index contributed by atoms with van der Waals surface area (Å²) in [6.07, 6.45) is 4.63. The minimum absolute atomic E-state index is 0.119. The fourth-order valence-corrected chi connectivity index (χ4v) is 3.29. The van der Waals surface area contributed by atoms with Crippen LogP contribution in [-0.4, -0.2) is 30.4 Å². The lowest BCUT2D eigenvalue weighted by molar-refractivity contribution is 0.0931. The highest BCUT2D eigenvalue weighted by Crippen LogP contribution is 2.17. The van der Waals surface area contributed by atoms with Crippen LogP contribution in [0.4, 0.5) is 0 Å². The lowest BCUT2D eigenvalue weighted by Gasteiger charge is -2.19. The van der Waals surface area contributed by atoms with Crippen LogP contribution in [-0.2, 0) is 16.4 Å². The Kier molecular flexibility index (Phi) is 5.18. The summed E-state index contributed by atoms with van der Waals surface area (Å²) in [6.45, 7) is 0.467. The summed E-state index contributed by atoms with van der Waals surface area (Å²) in [5, 5.41) is 7.17. The molecule has 0 aliphatic carbocycles. The topological polar surface area (TPSA) is 81.1 Å². The number of carbonyl (C=O) groups is 1. The van der Waals surface area contributed by atoms with E-state index in [1.54, 1.807) is 23.0 Å². The first-order valence-corrected chi connectivity index (χ1v) is 9.96. The van der Waals surface area contributed by atoms with E-state index in [2.05, 4.69) is 10.4 Å². The first-order chi connectivity index (χ1) is 12.4. The Hall–Kier alpha value is -2.93. The average Bonchev–Trinajstić information content (AvgIpc) is 3.14. The van der Waals surface area contributed by atoms with Crippen molar-refractivity contribution < 1.29 is 13.2 Å². The first kappa shape index (κ1) is 17.9. The van der Waals surface area contributed by atoms with Crippen LogP contribution in [0, 0.1) is 0 Å². The molecule has 0 aliphatic rings. The second-order valence-corrected chi connectivity index (χ2v) is 7.98. The molecule has 0 radical (unpaired) electrons. The number of nitrogens with one attached hydrogen (secondary N) is 1.